The highest BCUT2D eigenvalue weighted by molar-refractivity contribution is 5.46. The van der Waals surface area contributed by atoms with Crippen molar-refractivity contribution in [2.45, 2.75) is 19.4 Å². The summed E-state index contributed by atoms with van der Waals surface area (Å²) in [5.41, 5.74) is 5.63. The van der Waals surface area contributed by atoms with Gasteiger partial charge in [0.05, 0.1) is 0 Å². The van der Waals surface area contributed by atoms with Crippen molar-refractivity contribution in [2.75, 3.05) is 50.7 Å². The molecule has 0 bridgehead atoms. The Morgan fingerprint density at radius 2 is 1.53 bits per heavy atom. The standard InChI is InChI=1S/C28H36N4/c1-23-10-12-24(13-11-23)28-22-31(21-27-9-6-14-29(27)2)20-25(28)19-30-15-17-32(18-16-30)26-7-4-3-5-8-26/h3-14,25,28H,15-22H2,1-2H3. The van der Waals surface area contributed by atoms with E-state index in [1.807, 2.05) is 0 Å². The second-order valence-electron chi connectivity index (χ2n) is 9.70. The summed E-state index contributed by atoms with van der Waals surface area (Å²) in [7, 11) is 2.16. The number of benzene rings is 2. The van der Waals surface area contributed by atoms with Crippen LogP contribution >= 0.6 is 0 Å². The molecule has 2 atom stereocenters. The molecule has 0 N–H and O–H groups in total. The van der Waals surface area contributed by atoms with Gasteiger partial charge in [-0.2, -0.15) is 0 Å². The number of para-hydroxylation sites is 1. The molecule has 2 saturated heterocycles. The first-order chi connectivity index (χ1) is 15.7. The van der Waals surface area contributed by atoms with E-state index in [4.69, 9.17) is 0 Å². The van der Waals surface area contributed by atoms with Crippen LogP contribution in [0.5, 0.6) is 0 Å². The lowest BCUT2D eigenvalue weighted by Gasteiger charge is -2.38. The SMILES string of the molecule is Cc1ccc(C2CN(Cc3cccn3C)CC2CN2CCN(c3ccccc3)CC2)cc1. The predicted molar refractivity (Wildman–Crippen MR) is 133 cm³/mol. The second kappa shape index (κ2) is 9.51. The third kappa shape index (κ3) is 4.77. The molecular formula is C28H36N4. The number of hydrogen-bond donors (Lipinski definition) is 0. The lowest BCUT2D eigenvalue weighted by Crippen LogP contribution is -2.48. The van der Waals surface area contributed by atoms with Gasteiger partial charge >= 0.3 is 0 Å². The molecule has 4 nitrogen and oxygen atoms in total. The van der Waals surface area contributed by atoms with Crippen LogP contribution < -0.4 is 4.90 Å². The van der Waals surface area contributed by atoms with Gasteiger partial charge in [-0.1, -0.05) is 48.0 Å². The highest BCUT2D eigenvalue weighted by Gasteiger charge is 2.35. The minimum absolute atomic E-state index is 0.614. The van der Waals surface area contributed by atoms with Crippen LogP contribution in [0.3, 0.4) is 0 Å². The Morgan fingerprint density at radius 1 is 0.781 bits per heavy atom. The summed E-state index contributed by atoms with van der Waals surface area (Å²) in [6.07, 6.45) is 2.16. The molecule has 0 radical (unpaired) electrons. The van der Waals surface area contributed by atoms with Gasteiger partial charge in [-0.15, -0.1) is 0 Å². The van der Waals surface area contributed by atoms with E-state index in [1.165, 1.54) is 35.6 Å². The van der Waals surface area contributed by atoms with Crippen molar-refractivity contribution in [2.24, 2.45) is 13.0 Å². The normalized spacial score (nSPS) is 22.5. The Labute approximate surface area is 193 Å². The maximum absolute atomic E-state index is 2.71. The molecule has 32 heavy (non-hydrogen) atoms. The lowest BCUT2D eigenvalue weighted by molar-refractivity contribution is 0.209. The molecule has 2 unspecified atom stereocenters. The van der Waals surface area contributed by atoms with Crippen LogP contribution in [-0.4, -0.2) is 60.2 Å². The smallest absolute Gasteiger partial charge is 0.0387 e. The molecule has 2 aliphatic rings. The van der Waals surface area contributed by atoms with E-state index < -0.39 is 0 Å². The topological polar surface area (TPSA) is 14.7 Å². The van der Waals surface area contributed by atoms with Gasteiger partial charge in [0.2, 0.25) is 0 Å². The fourth-order valence-corrected chi connectivity index (χ4v) is 5.51. The Morgan fingerprint density at radius 3 is 2.22 bits per heavy atom. The van der Waals surface area contributed by atoms with E-state index in [2.05, 4.69) is 106 Å². The van der Waals surface area contributed by atoms with Crippen LogP contribution in [0.1, 0.15) is 22.7 Å². The molecular weight excluding hydrogens is 392 g/mol. The second-order valence-corrected chi connectivity index (χ2v) is 9.70. The number of nitrogens with zero attached hydrogens (tertiary/aromatic N) is 4. The van der Waals surface area contributed by atoms with E-state index in [-0.39, 0.29) is 0 Å². The number of aromatic nitrogens is 1. The van der Waals surface area contributed by atoms with Crippen molar-refractivity contribution in [1.29, 1.82) is 0 Å². The van der Waals surface area contributed by atoms with E-state index in [0.717, 1.165) is 39.3 Å². The van der Waals surface area contributed by atoms with Crippen LogP contribution in [0, 0.1) is 12.8 Å². The molecule has 1 aromatic heterocycles. The monoisotopic (exact) mass is 428 g/mol. The maximum Gasteiger partial charge on any atom is 0.0387 e. The molecule has 3 heterocycles. The first kappa shape index (κ1) is 21.3. The van der Waals surface area contributed by atoms with Gasteiger partial charge < -0.3 is 9.47 Å². The van der Waals surface area contributed by atoms with E-state index in [0.29, 0.717) is 11.8 Å². The summed E-state index contributed by atoms with van der Waals surface area (Å²) < 4.78 is 2.26. The number of rotatable bonds is 6. The number of piperazine rings is 1. The molecule has 0 spiro atoms. The molecule has 168 valence electrons. The minimum atomic E-state index is 0.614. The van der Waals surface area contributed by atoms with Crippen molar-refractivity contribution in [3.63, 3.8) is 0 Å². The predicted octanol–water partition coefficient (Wildman–Crippen LogP) is 4.37. The number of hydrogen-bond acceptors (Lipinski definition) is 3. The van der Waals surface area contributed by atoms with Crippen LogP contribution in [0.4, 0.5) is 5.69 Å². The van der Waals surface area contributed by atoms with Gasteiger partial charge in [0.15, 0.2) is 0 Å². The fraction of sp³-hybridized carbons (Fsp3) is 0.429. The van der Waals surface area contributed by atoms with Gasteiger partial charge in [-0.25, -0.2) is 0 Å². The molecule has 5 rings (SSSR count). The molecule has 0 amide bonds. The zero-order valence-corrected chi connectivity index (χ0v) is 19.5. The van der Waals surface area contributed by atoms with Crippen LogP contribution in [0.15, 0.2) is 72.9 Å². The first-order valence-electron chi connectivity index (χ1n) is 12.1. The highest BCUT2D eigenvalue weighted by Crippen LogP contribution is 2.34. The summed E-state index contributed by atoms with van der Waals surface area (Å²) in [6.45, 7) is 11.3. The number of aryl methyl sites for hydroxylation is 2. The molecule has 0 saturated carbocycles. The lowest BCUT2D eigenvalue weighted by atomic mass is 9.88. The summed E-state index contributed by atoms with van der Waals surface area (Å²) in [4.78, 5) is 7.91. The summed E-state index contributed by atoms with van der Waals surface area (Å²) in [5, 5.41) is 0. The van der Waals surface area contributed by atoms with Crippen molar-refractivity contribution >= 4 is 5.69 Å². The zero-order chi connectivity index (χ0) is 21.9. The van der Waals surface area contributed by atoms with Crippen molar-refractivity contribution < 1.29 is 0 Å². The third-order valence-electron chi connectivity index (χ3n) is 7.45. The molecule has 0 aliphatic carbocycles. The minimum Gasteiger partial charge on any atom is -0.369 e. The van der Waals surface area contributed by atoms with Gasteiger partial charge in [0.1, 0.15) is 0 Å². The van der Waals surface area contributed by atoms with Crippen molar-refractivity contribution in [1.82, 2.24) is 14.4 Å². The highest BCUT2D eigenvalue weighted by atomic mass is 15.3. The number of likely N-dealkylation sites (tertiary alicyclic amines) is 1. The Kier molecular flexibility index (Phi) is 6.33. The Hall–Kier alpha value is -2.56. The largest absolute Gasteiger partial charge is 0.369 e. The fourth-order valence-electron chi connectivity index (χ4n) is 5.51. The summed E-state index contributed by atoms with van der Waals surface area (Å²) in [6, 6.07) is 24.6. The van der Waals surface area contributed by atoms with Gasteiger partial charge in [-0.05, 0) is 42.7 Å². The Balaban J connectivity index is 1.26. The average molecular weight is 429 g/mol. The van der Waals surface area contributed by atoms with Crippen LogP contribution in [0.2, 0.25) is 0 Å². The molecule has 4 heteroatoms. The van der Waals surface area contributed by atoms with E-state index in [9.17, 15) is 0 Å². The third-order valence-corrected chi connectivity index (χ3v) is 7.45. The molecule has 2 aromatic carbocycles. The van der Waals surface area contributed by atoms with E-state index in [1.54, 1.807) is 0 Å². The van der Waals surface area contributed by atoms with Crippen molar-refractivity contribution in [3.05, 3.63) is 89.7 Å². The van der Waals surface area contributed by atoms with Gasteiger partial charge in [-0.3, -0.25) is 9.80 Å². The maximum atomic E-state index is 2.71. The molecule has 2 aliphatic heterocycles. The summed E-state index contributed by atoms with van der Waals surface area (Å²) >= 11 is 0. The van der Waals surface area contributed by atoms with Crippen LogP contribution in [0.25, 0.3) is 0 Å². The quantitative estimate of drug-likeness (QED) is 0.579. The zero-order valence-electron chi connectivity index (χ0n) is 19.5. The van der Waals surface area contributed by atoms with Crippen LogP contribution in [-0.2, 0) is 13.6 Å². The van der Waals surface area contributed by atoms with Crippen molar-refractivity contribution in [3.8, 4) is 0 Å². The molecule has 3 aromatic rings. The number of anilines is 1. The van der Waals surface area contributed by atoms with Gasteiger partial charge in [0, 0.05) is 82.9 Å². The van der Waals surface area contributed by atoms with Gasteiger partial charge in [0.25, 0.3) is 0 Å². The van der Waals surface area contributed by atoms with E-state index >= 15 is 0 Å². The summed E-state index contributed by atoms with van der Waals surface area (Å²) in [5.74, 6) is 1.30. The molecule has 2 fully saturated rings. The Bertz CT molecular complexity index is 986. The first-order valence-corrected chi connectivity index (χ1v) is 12.1. The average Bonchev–Trinajstić information content (AvgIpc) is 3.41.